The van der Waals surface area contributed by atoms with Crippen molar-refractivity contribution in [2.45, 2.75) is 23.8 Å². The van der Waals surface area contributed by atoms with E-state index in [1.807, 2.05) is 11.3 Å². The van der Waals surface area contributed by atoms with Crippen LogP contribution < -0.4 is 0 Å². The average Bonchev–Trinajstić information content (AvgIpc) is 3.26. The summed E-state index contributed by atoms with van der Waals surface area (Å²) in [6.45, 7) is 1.42. The van der Waals surface area contributed by atoms with Crippen LogP contribution in [0.25, 0.3) is 10.4 Å². The van der Waals surface area contributed by atoms with Crippen LogP contribution in [-0.2, 0) is 16.0 Å². The van der Waals surface area contributed by atoms with Gasteiger partial charge in [0.05, 0.1) is 5.57 Å². The molecule has 0 saturated heterocycles. The second-order valence-electron chi connectivity index (χ2n) is 7.47. The number of hydrogen-bond acceptors (Lipinski definition) is 3. The first-order valence-electron chi connectivity index (χ1n) is 10.1. The van der Waals surface area contributed by atoms with Gasteiger partial charge in [0.25, 0.3) is 0 Å². The lowest BCUT2D eigenvalue weighted by molar-refractivity contribution is -0.140. The van der Waals surface area contributed by atoms with E-state index < -0.39 is 28.0 Å². The number of carbonyl (C=O) groups is 2. The van der Waals surface area contributed by atoms with Gasteiger partial charge in [0.1, 0.15) is 0 Å². The Labute approximate surface area is 203 Å². The van der Waals surface area contributed by atoms with E-state index in [1.165, 1.54) is 33.9 Å². The van der Waals surface area contributed by atoms with Crippen molar-refractivity contribution in [1.29, 1.82) is 0 Å². The zero-order valence-electron chi connectivity index (χ0n) is 17.7. The van der Waals surface area contributed by atoms with Crippen LogP contribution in [0.3, 0.4) is 0 Å². The monoisotopic (exact) mass is 528 g/mol. The van der Waals surface area contributed by atoms with Crippen LogP contribution in [0, 0.1) is 0 Å². The number of benzene rings is 2. The molecule has 1 aliphatic carbocycles. The van der Waals surface area contributed by atoms with E-state index in [0.717, 1.165) is 12.5 Å². The maximum Gasteiger partial charge on any atom is 0.334 e. The minimum absolute atomic E-state index is 0.214. The van der Waals surface area contributed by atoms with Crippen molar-refractivity contribution in [3.8, 4) is 10.4 Å². The standard InChI is InChI=1S/C17H14S.C9H8BrFO4/c1-3-7-14(8-4-1)13-16-11-12-17(18-16)15-9-5-2-6-10-15;1-4-2-3-9(10,8(14)15)6(11)5(4)7(12)13/h1-12H,13H2;2-3,6H,1H3,(H,12,13)(H,14,15). The highest BCUT2D eigenvalue weighted by Crippen LogP contribution is 2.37. The van der Waals surface area contributed by atoms with Gasteiger partial charge in [-0.25, -0.2) is 9.18 Å². The number of carboxylic acids is 2. The topological polar surface area (TPSA) is 74.6 Å². The number of rotatable bonds is 5. The lowest BCUT2D eigenvalue weighted by Gasteiger charge is -2.27. The molecule has 33 heavy (non-hydrogen) atoms. The first-order chi connectivity index (χ1) is 15.7. The largest absolute Gasteiger partial charge is 0.480 e. The summed E-state index contributed by atoms with van der Waals surface area (Å²) in [5.41, 5.74) is 2.36. The fraction of sp³-hybridized carbons (Fsp3) is 0.154. The van der Waals surface area contributed by atoms with E-state index in [1.54, 1.807) is 0 Å². The second kappa shape index (κ2) is 10.7. The molecule has 1 aromatic heterocycles. The molecule has 0 radical (unpaired) electrons. The molecule has 170 valence electrons. The van der Waals surface area contributed by atoms with Crippen molar-refractivity contribution in [3.05, 3.63) is 107 Å². The highest BCUT2D eigenvalue weighted by molar-refractivity contribution is 9.10. The molecule has 2 atom stereocenters. The van der Waals surface area contributed by atoms with Gasteiger partial charge in [-0.2, -0.15) is 0 Å². The summed E-state index contributed by atoms with van der Waals surface area (Å²) in [6, 6.07) is 25.6. The summed E-state index contributed by atoms with van der Waals surface area (Å²) in [6.07, 6.45) is 1.29. The van der Waals surface area contributed by atoms with E-state index in [-0.39, 0.29) is 5.57 Å². The quantitative estimate of drug-likeness (QED) is 0.369. The van der Waals surface area contributed by atoms with E-state index >= 15 is 0 Å². The van der Waals surface area contributed by atoms with Gasteiger partial charge in [0, 0.05) is 16.2 Å². The molecule has 1 heterocycles. The highest BCUT2D eigenvalue weighted by Gasteiger charge is 2.48. The number of aliphatic carboxylic acids is 2. The minimum atomic E-state index is -2.11. The summed E-state index contributed by atoms with van der Waals surface area (Å²) in [5.74, 6) is -2.91. The van der Waals surface area contributed by atoms with Crippen LogP contribution in [-0.4, -0.2) is 32.6 Å². The van der Waals surface area contributed by atoms with Crippen LogP contribution in [0.1, 0.15) is 17.4 Å². The number of hydrogen-bond donors (Lipinski definition) is 2. The predicted octanol–water partition coefficient (Wildman–Crippen LogP) is 6.52. The van der Waals surface area contributed by atoms with Crippen LogP contribution in [0.5, 0.6) is 0 Å². The molecule has 1 aliphatic rings. The molecule has 3 aromatic rings. The fourth-order valence-corrected chi connectivity index (χ4v) is 4.72. The lowest BCUT2D eigenvalue weighted by Crippen LogP contribution is -2.44. The summed E-state index contributed by atoms with van der Waals surface area (Å²) in [4.78, 5) is 24.3. The Kier molecular flexibility index (Phi) is 8.00. The van der Waals surface area contributed by atoms with E-state index in [9.17, 15) is 14.0 Å². The van der Waals surface area contributed by atoms with Gasteiger partial charge < -0.3 is 10.2 Å². The predicted molar refractivity (Wildman–Crippen MR) is 133 cm³/mol. The number of halogens is 2. The van der Waals surface area contributed by atoms with Crippen LogP contribution >= 0.6 is 27.3 Å². The lowest BCUT2D eigenvalue weighted by atomic mass is 9.88. The summed E-state index contributed by atoms with van der Waals surface area (Å²) in [5, 5.41) is 17.5. The van der Waals surface area contributed by atoms with Gasteiger partial charge in [-0.05, 0) is 35.8 Å². The van der Waals surface area contributed by atoms with Gasteiger partial charge in [0.2, 0.25) is 0 Å². The molecule has 0 fully saturated rings. The molecule has 0 spiro atoms. The molecule has 0 bridgehead atoms. The number of allylic oxidation sites excluding steroid dienone is 2. The molecular weight excluding hydrogens is 507 g/mol. The molecule has 4 nitrogen and oxygen atoms in total. The molecule has 2 N–H and O–H groups in total. The normalized spacial score (nSPS) is 19.5. The Balaban J connectivity index is 0.000000190. The molecule has 2 aromatic carbocycles. The molecule has 0 saturated carbocycles. The Morgan fingerprint density at radius 2 is 1.61 bits per heavy atom. The molecule has 0 aliphatic heterocycles. The summed E-state index contributed by atoms with van der Waals surface area (Å²) in [7, 11) is 0. The Bertz CT molecular complexity index is 1190. The van der Waals surface area contributed by atoms with Gasteiger partial charge >= 0.3 is 11.9 Å². The zero-order chi connectivity index (χ0) is 24.0. The molecule has 7 heteroatoms. The third-order valence-electron chi connectivity index (χ3n) is 5.12. The SMILES string of the molecule is CC1=C(C(=O)O)C(F)C(Br)(C(=O)O)C=C1.c1ccc(Cc2ccc(-c3ccccc3)s2)cc1. The van der Waals surface area contributed by atoms with Crippen molar-refractivity contribution >= 4 is 39.2 Å². The summed E-state index contributed by atoms with van der Waals surface area (Å²) >= 11 is 4.58. The molecule has 2 unspecified atom stereocenters. The first kappa shape index (κ1) is 24.6. The average molecular weight is 529 g/mol. The van der Waals surface area contributed by atoms with E-state index in [0.29, 0.717) is 0 Å². The third-order valence-corrected chi connectivity index (χ3v) is 7.26. The zero-order valence-corrected chi connectivity index (χ0v) is 20.1. The molecular formula is C26H22BrFO4S. The van der Waals surface area contributed by atoms with Crippen molar-refractivity contribution in [2.75, 3.05) is 0 Å². The number of thiophene rings is 1. The van der Waals surface area contributed by atoms with Crippen LogP contribution in [0.2, 0.25) is 0 Å². The fourth-order valence-electron chi connectivity index (χ4n) is 3.31. The second-order valence-corrected chi connectivity index (χ2v) is 9.95. The first-order valence-corrected chi connectivity index (χ1v) is 11.7. The number of carboxylic acid groups (broad SMARTS) is 2. The Morgan fingerprint density at radius 3 is 2.18 bits per heavy atom. The van der Waals surface area contributed by atoms with Crippen LogP contribution in [0.15, 0.2) is 96.1 Å². The van der Waals surface area contributed by atoms with Crippen molar-refractivity contribution in [1.82, 2.24) is 0 Å². The van der Waals surface area contributed by atoms with E-state index in [4.69, 9.17) is 10.2 Å². The van der Waals surface area contributed by atoms with Crippen LogP contribution in [0.4, 0.5) is 4.39 Å². The smallest absolute Gasteiger partial charge is 0.334 e. The maximum atomic E-state index is 13.7. The van der Waals surface area contributed by atoms with Gasteiger partial charge in [-0.1, -0.05) is 88.7 Å². The van der Waals surface area contributed by atoms with Gasteiger partial charge in [0.15, 0.2) is 10.5 Å². The third kappa shape index (κ3) is 5.86. The van der Waals surface area contributed by atoms with E-state index in [2.05, 4.69) is 88.7 Å². The number of alkyl halides is 2. The highest BCUT2D eigenvalue weighted by atomic mass is 79.9. The van der Waals surface area contributed by atoms with Crippen molar-refractivity contribution < 1.29 is 24.2 Å². The summed E-state index contributed by atoms with van der Waals surface area (Å²) < 4.78 is 11.7. The Hall–Kier alpha value is -3.03. The molecule has 4 rings (SSSR count). The van der Waals surface area contributed by atoms with Gasteiger partial charge in [-0.3, -0.25) is 4.79 Å². The maximum absolute atomic E-state index is 13.7. The van der Waals surface area contributed by atoms with Gasteiger partial charge in [-0.15, -0.1) is 11.3 Å². The van der Waals surface area contributed by atoms with Crippen molar-refractivity contribution in [2.24, 2.45) is 0 Å². The minimum Gasteiger partial charge on any atom is -0.480 e. The van der Waals surface area contributed by atoms with Crippen molar-refractivity contribution in [3.63, 3.8) is 0 Å². The Morgan fingerprint density at radius 1 is 1.00 bits per heavy atom. The molecule has 0 amide bonds.